The van der Waals surface area contributed by atoms with Crippen molar-refractivity contribution in [2.24, 2.45) is 5.73 Å². The minimum absolute atomic E-state index is 0.0855. The third-order valence-corrected chi connectivity index (χ3v) is 2.51. The van der Waals surface area contributed by atoms with Crippen molar-refractivity contribution in [2.45, 2.75) is 38.6 Å². The standard InChI is InChI=1S/C10H17NO/c1-3-10(11,4-2)8-9-6-5-7-12-9/h5-7H,3-4,8,11H2,1-2H3. The van der Waals surface area contributed by atoms with Crippen molar-refractivity contribution in [2.75, 3.05) is 0 Å². The molecule has 0 saturated carbocycles. The lowest BCUT2D eigenvalue weighted by molar-refractivity contribution is 0.356. The summed E-state index contributed by atoms with van der Waals surface area (Å²) in [7, 11) is 0. The van der Waals surface area contributed by atoms with Gasteiger partial charge in [0.2, 0.25) is 0 Å². The van der Waals surface area contributed by atoms with Crippen LogP contribution in [-0.2, 0) is 6.42 Å². The summed E-state index contributed by atoms with van der Waals surface area (Å²) in [6.07, 6.45) is 4.52. The first kappa shape index (κ1) is 9.33. The summed E-state index contributed by atoms with van der Waals surface area (Å²) in [5, 5.41) is 0. The van der Waals surface area contributed by atoms with E-state index in [1.807, 2.05) is 12.1 Å². The van der Waals surface area contributed by atoms with Gasteiger partial charge in [0.15, 0.2) is 0 Å². The molecule has 2 heteroatoms. The predicted octanol–water partition coefficient (Wildman–Crippen LogP) is 2.34. The molecule has 0 aliphatic rings. The molecule has 0 aliphatic carbocycles. The molecule has 1 rings (SSSR count). The molecular formula is C10H17NO. The summed E-state index contributed by atoms with van der Waals surface area (Å²) in [4.78, 5) is 0. The van der Waals surface area contributed by atoms with Crippen LogP contribution in [0.15, 0.2) is 22.8 Å². The average molecular weight is 167 g/mol. The Bertz CT molecular complexity index is 212. The molecule has 0 bridgehead atoms. The molecule has 0 amide bonds. The van der Waals surface area contributed by atoms with Crippen molar-refractivity contribution in [3.63, 3.8) is 0 Å². The summed E-state index contributed by atoms with van der Waals surface area (Å²) < 4.78 is 5.25. The van der Waals surface area contributed by atoms with Crippen LogP contribution >= 0.6 is 0 Å². The van der Waals surface area contributed by atoms with Crippen LogP contribution in [0.5, 0.6) is 0 Å². The maximum Gasteiger partial charge on any atom is 0.105 e. The summed E-state index contributed by atoms with van der Waals surface area (Å²) in [5.74, 6) is 0.987. The minimum atomic E-state index is -0.0855. The van der Waals surface area contributed by atoms with Gasteiger partial charge >= 0.3 is 0 Å². The van der Waals surface area contributed by atoms with E-state index in [2.05, 4.69) is 13.8 Å². The van der Waals surface area contributed by atoms with Crippen LogP contribution < -0.4 is 5.73 Å². The average Bonchev–Trinajstić information content (AvgIpc) is 2.57. The van der Waals surface area contributed by atoms with E-state index in [1.54, 1.807) is 6.26 Å². The Kier molecular flexibility index (Phi) is 2.93. The molecule has 12 heavy (non-hydrogen) atoms. The topological polar surface area (TPSA) is 39.2 Å². The SMILES string of the molecule is CCC(N)(CC)Cc1ccco1. The highest BCUT2D eigenvalue weighted by Crippen LogP contribution is 2.18. The molecule has 0 radical (unpaired) electrons. The Morgan fingerprint density at radius 3 is 2.50 bits per heavy atom. The van der Waals surface area contributed by atoms with Crippen LogP contribution in [0.2, 0.25) is 0 Å². The molecule has 0 fully saturated rings. The lowest BCUT2D eigenvalue weighted by atomic mass is 9.89. The predicted molar refractivity (Wildman–Crippen MR) is 49.9 cm³/mol. The van der Waals surface area contributed by atoms with Gasteiger partial charge in [-0.05, 0) is 25.0 Å². The first-order valence-corrected chi connectivity index (χ1v) is 4.51. The van der Waals surface area contributed by atoms with Gasteiger partial charge in [-0.25, -0.2) is 0 Å². The molecule has 1 heterocycles. The molecule has 0 atom stereocenters. The number of hydrogen-bond donors (Lipinski definition) is 1. The van der Waals surface area contributed by atoms with Gasteiger partial charge in [-0.3, -0.25) is 0 Å². The second-order valence-electron chi connectivity index (χ2n) is 3.33. The normalized spacial score (nSPS) is 11.9. The third-order valence-electron chi connectivity index (χ3n) is 2.51. The van der Waals surface area contributed by atoms with E-state index in [0.717, 1.165) is 25.0 Å². The summed E-state index contributed by atoms with van der Waals surface area (Å²) >= 11 is 0. The number of hydrogen-bond acceptors (Lipinski definition) is 2. The zero-order chi connectivity index (χ0) is 9.03. The van der Waals surface area contributed by atoms with Crippen LogP contribution in [0.25, 0.3) is 0 Å². The molecule has 0 spiro atoms. The number of furan rings is 1. The van der Waals surface area contributed by atoms with Gasteiger partial charge < -0.3 is 10.2 Å². The van der Waals surface area contributed by atoms with E-state index in [1.165, 1.54) is 0 Å². The highest BCUT2D eigenvalue weighted by Gasteiger charge is 2.21. The second kappa shape index (κ2) is 3.76. The molecule has 68 valence electrons. The van der Waals surface area contributed by atoms with Crippen molar-refractivity contribution in [1.82, 2.24) is 0 Å². The maximum absolute atomic E-state index is 6.13. The minimum Gasteiger partial charge on any atom is -0.469 e. The Labute approximate surface area is 73.8 Å². The molecule has 1 aromatic heterocycles. The van der Waals surface area contributed by atoms with Gasteiger partial charge in [-0.15, -0.1) is 0 Å². The quantitative estimate of drug-likeness (QED) is 0.747. The second-order valence-corrected chi connectivity index (χ2v) is 3.33. The van der Waals surface area contributed by atoms with E-state index in [0.29, 0.717) is 0 Å². The van der Waals surface area contributed by atoms with E-state index >= 15 is 0 Å². The number of rotatable bonds is 4. The fourth-order valence-electron chi connectivity index (χ4n) is 1.26. The van der Waals surface area contributed by atoms with E-state index in [-0.39, 0.29) is 5.54 Å². The molecule has 0 aromatic carbocycles. The van der Waals surface area contributed by atoms with Crippen molar-refractivity contribution < 1.29 is 4.42 Å². The maximum atomic E-state index is 6.13. The van der Waals surface area contributed by atoms with Crippen molar-refractivity contribution in [3.8, 4) is 0 Å². The van der Waals surface area contributed by atoms with Crippen LogP contribution in [0, 0.1) is 0 Å². The fraction of sp³-hybridized carbons (Fsp3) is 0.600. The third kappa shape index (κ3) is 2.11. The molecule has 1 aromatic rings. The van der Waals surface area contributed by atoms with Gasteiger partial charge in [0, 0.05) is 12.0 Å². The summed E-state index contributed by atoms with van der Waals surface area (Å²) in [6, 6.07) is 3.88. The molecule has 0 saturated heterocycles. The van der Waals surface area contributed by atoms with Crippen molar-refractivity contribution in [3.05, 3.63) is 24.2 Å². The monoisotopic (exact) mass is 167 g/mol. The smallest absolute Gasteiger partial charge is 0.105 e. The van der Waals surface area contributed by atoms with E-state index in [4.69, 9.17) is 10.2 Å². The molecule has 2 nitrogen and oxygen atoms in total. The Balaban J connectivity index is 2.60. The van der Waals surface area contributed by atoms with Gasteiger partial charge in [0.1, 0.15) is 5.76 Å². The molecule has 0 unspecified atom stereocenters. The fourth-order valence-corrected chi connectivity index (χ4v) is 1.26. The molecule has 0 aliphatic heterocycles. The zero-order valence-corrected chi connectivity index (χ0v) is 7.84. The zero-order valence-electron chi connectivity index (χ0n) is 7.84. The molecule has 2 N–H and O–H groups in total. The lowest BCUT2D eigenvalue weighted by Gasteiger charge is -2.25. The lowest BCUT2D eigenvalue weighted by Crippen LogP contribution is -2.40. The Hall–Kier alpha value is -0.760. The summed E-state index contributed by atoms with van der Waals surface area (Å²) in [6.45, 7) is 4.24. The van der Waals surface area contributed by atoms with Gasteiger partial charge in [0.25, 0.3) is 0 Å². The largest absolute Gasteiger partial charge is 0.469 e. The van der Waals surface area contributed by atoms with Crippen LogP contribution in [0.4, 0.5) is 0 Å². The Morgan fingerprint density at radius 1 is 1.42 bits per heavy atom. The molecular weight excluding hydrogens is 150 g/mol. The Morgan fingerprint density at radius 2 is 2.08 bits per heavy atom. The van der Waals surface area contributed by atoms with Crippen LogP contribution in [0.3, 0.4) is 0 Å². The summed E-state index contributed by atoms with van der Waals surface area (Å²) in [5.41, 5.74) is 6.04. The van der Waals surface area contributed by atoms with E-state index in [9.17, 15) is 0 Å². The van der Waals surface area contributed by atoms with Crippen molar-refractivity contribution >= 4 is 0 Å². The highest BCUT2D eigenvalue weighted by molar-refractivity contribution is 5.03. The van der Waals surface area contributed by atoms with Gasteiger partial charge in [-0.1, -0.05) is 13.8 Å². The number of nitrogens with two attached hydrogens (primary N) is 1. The van der Waals surface area contributed by atoms with Crippen molar-refractivity contribution in [1.29, 1.82) is 0 Å². The first-order valence-electron chi connectivity index (χ1n) is 4.51. The van der Waals surface area contributed by atoms with Gasteiger partial charge in [0.05, 0.1) is 6.26 Å². The van der Waals surface area contributed by atoms with Gasteiger partial charge in [-0.2, -0.15) is 0 Å². The van der Waals surface area contributed by atoms with E-state index < -0.39 is 0 Å². The highest BCUT2D eigenvalue weighted by atomic mass is 16.3. The van der Waals surface area contributed by atoms with Crippen LogP contribution in [0.1, 0.15) is 32.4 Å². The first-order chi connectivity index (χ1) is 5.70. The van der Waals surface area contributed by atoms with Crippen LogP contribution in [-0.4, -0.2) is 5.54 Å².